The van der Waals surface area contributed by atoms with Crippen LogP contribution in [0.1, 0.15) is 83.2 Å². The highest BCUT2D eigenvalue weighted by Crippen LogP contribution is 2.60. The van der Waals surface area contributed by atoms with Crippen LogP contribution >= 0.6 is 0 Å². The summed E-state index contributed by atoms with van der Waals surface area (Å²) in [6.45, 7) is 20.8. The van der Waals surface area contributed by atoms with E-state index in [0.29, 0.717) is 0 Å². The van der Waals surface area contributed by atoms with Crippen molar-refractivity contribution in [3.05, 3.63) is 167 Å². The highest BCUT2D eigenvalue weighted by atomic mass is 16.5. The van der Waals surface area contributed by atoms with Gasteiger partial charge in [0.25, 0.3) is 0 Å². The Labute approximate surface area is 349 Å². The van der Waals surface area contributed by atoms with Gasteiger partial charge in [-0.2, -0.15) is 0 Å². The van der Waals surface area contributed by atoms with E-state index in [2.05, 4.69) is 216 Å². The maximum Gasteiger partial charge on any atom is 0.336 e. The number of rotatable bonds is 2. The van der Waals surface area contributed by atoms with Crippen molar-refractivity contribution in [2.45, 2.75) is 78.6 Å². The van der Waals surface area contributed by atoms with E-state index in [1.165, 1.54) is 78.3 Å². The van der Waals surface area contributed by atoms with Gasteiger partial charge < -0.3 is 19.3 Å². The molecule has 59 heavy (non-hydrogen) atoms. The average Bonchev–Trinajstić information content (AvgIpc) is 3.21. The zero-order chi connectivity index (χ0) is 40.7. The number of hydrogen-bond donors (Lipinski definition) is 0. The van der Waals surface area contributed by atoms with E-state index >= 15 is 0 Å². The molecule has 0 aliphatic carbocycles. The predicted octanol–water partition coefficient (Wildman–Crippen LogP) is 13.5. The van der Waals surface area contributed by atoms with E-state index in [-0.39, 0.29) is 23.1 Å². The Hall–Kier alpha value is -6.20. The van der Waals surface area contributed by atoms with E-state index in [4.69, 9.17) is 4.74 Å². The minimum absolute atomic E-state index is 0.0356. The van der Waals surface area contributed by atoms with E-state index in [0.717, 1.165) is 28.6 Å². The lowest BCUT2D eigenvalue weighted by atomic mass is 9.43. The molecule has 7 aromatic rings. The Morgan fingerprint density at radius 1 is 0.508 bits per heavy atom. The Kier molecular flexibility index (Phi) is 7.41. The van der Waals surface area contributed by atoms with E-state index in [9.17, 15) is 0 Å². The number of hydrogen-bond acceptors (Lipinski definition) is 4. The first-order valence-corrected chi connectivity index (χ1v) is 21.1. The Balaban J connectivity index is 1.24. The largest absolute Gasteiger partial charge is 0.458 e. The summed E-state index contributed by atoms with van der Waals surface area (Å²) in [6.07, 6.45) is 0. The normalized spacial score (nSPS) is 15.3. The van der Waals surface area contributed by atoms with Gasteiger partial charge >= 0.3 is 6.85 Å². The van der Waals surface area contributed by atoms with Crippen LogP contribution in [0.3, 0.4) is 0 Å². The van der Waals surface area contributed by atoms with E-state index in [1.807, 2.05) is 0 Å². The highest BCUT2D eigenvalue weighted by molar-refractivity contribution is 6.92. The average molecular weight is 768 g/mol. The molecular weight excluding hydrogens is 717 g/mol. The van der Waals surface area contributed by atoms with Crippen molar-refractivity contribution in [1.29, 1.82) is 0 Å². The van der Waals surface area contributed by atoms with E-state index < -0.39 is 0 Å². The molecule has 0 spiro atoms. The third-order valence-corrected chi connectivity index (χ3v) is 13.3. The maximum atomic E-state index is 7.24. The second kappa shape index (κ2) is 12.2. The summed E-state index contributed by atoms with van der Waals surface area (Å²) in [5.41, 5.74) is 20.5. The van der Waals surface area contributed by atoms with Gasteiger partial charge in [0.2, 0.25) is 0 Å². The standard InChI is InChI=1S/C54H50BN3O/c1-33-26-38-39-28-35(53(5,6)7)30-47-51(39)58(44-25-24-34(52(2,3)4)29-46(44)57(47)37-20-14-11-15-21-37)55-42-31-41-45(32-48(42)59-49(27-33)50(38)55)56(36-18-12-10-13-19-36)43-23-17-16-22-40(43)54(41,8)9/h10-32H,1-9H3. The second-order valence-corrected chi connectivity index (χ2v) is 19.6. The lowest BCUT2D eigenvalue weighted by Gasteiger charge is -2.50. The third kappa shape index (κ3) is 5.16. The van der Waals surface area contributed by atoms with Crippen LogP contribution in [0, 0.1) is 6.92 Å². The Morgan fingerprint density at radius 2 is 1.14 bits per heavy atom. The summed E-state index contributed by atoms with van der Waals surface area (Å²) in [5, 5.41) is 0. The molecule has 290 valence electrons. The van der Waals surface area contributed by atoms with Crippen LogP contribution in [-0.4, -0.2) is 6.85 Å². The highest BCUT2D eigenvalue weighted by Gasteiger charge is 2.50. The van der Waals surface area contributed by atoms with Crippen LogP contribution in [0.4, 0.5) is 45.5 Å². The first kappa shape index (κ1) is 35.9. The lowest BCUT2D eigenvalue weighted by molar-refractivity contribution is 0.486. The second-order valence-electron chi connectivity index (χ2n) is 19.6. The number of para-hydroxylation sites is 3. The number of anilines is 8. The molecule has 0 saturated heterocycles. The van der Waals surface area contributed by atoms with Crippen LogP contribution in [0.2, 0.25) is 0 Å². The van der Waals surface area contributed by atoms with Crippen LogP contribution in [-0.2, 0) is 16.2 Å². The smallest absolute Gasteiger partial charge is 0.336 e. The molecule has 0 unspecified atom stereocenters. The number of fused-ring (bicyclic) bond motifs is 8. The molecule has 7 aromatic carbocycles. The van der Waals surface area contributed by atoms with Gasteiger partial charge in [-0.1, -0.05) is 128 Å². The van der Waals surface area contributed by atoms with Gasteiger partial charge in [0.1, 0.15) is 11.5 Å². The molecule has 0 bridgehead atoms. The molecule has 0 aromatic heterocycles. The maximum absolute atomic E-state index is 7.24. The number of aryl methyl sites for hydroxylation is 1. The molecule has 4 aliphatic rings. The van der Waals surface area contributed by atoms with Gasteiger partial charge in [-0.05, 0) is 117 Å². The molecule has 5 heteroatoms. The zero-order valence-corrected chi connectivity index (χ0v) is 35.6. The fourth-order valence-corrected chi connectivity index (χ4v) is 10.2. The van der Waals surface area contributed by atoms with Crippen molar-refractivity contribution in [3.63, 3.8) is 0 Å². The van der Waals surface area contributed by atoms with Gasteiger partial charge in [0.05, 0.1) is 34.1 Å². The third-order valence-electron chi connectivity index (χ3n) is 13.3. The topological polar surface area (TPSA) is 19.0 Å². The van der Waals surface area contributed by atoms with Crippen molar-refractivity contribution in [3.8, 4) is 22.6 Å². The zero-order valence-electron chi connectivity index (χ0n) is 35.6. The van der Waals surface area contributed by atoms with Crippen LogP contribution in [0.15, 0.2) is 140 Å². The predicted molar refractivity (Wildman–Crippen MR) is 249 cm³/mol. The van der Waals surface area contributed by atoms with Gasteiger partial charge in [0.15, 0.2) is 0 Å². The van der Waals surface area contributed by atoms with Crippen molar-refractivity contribution in [2.24, 2.45) is 0 Å². The van der Waals surface area contributed by atoms with Gasteiger partial charge in [-0.25, -0.2) is 0 Å². The SMILES string of the molecule is Cc1cc2c3c(c1)-c1cc(C(C)(C)C)cc4c1N(B3c1cc3c(cc1O2)N(c1ccccc1)c1ccccc1C3(C)C)c1ccc(C(C)(C)C)cc1N4c1ccccc1. The van der Waals surface area contributed by atoms with Crippen molar-refractivity contribution >= 4 is 63.3 Å². The van der Waals surface area contributed by atoms with Crippen LogP contribution in [0.25, 0.3) is 11.1 Å². The summed E-state index contributed by atoms with van der Waals surface area (Å²) in [5.74, 6) is 1.84. The first-order valence-electron chi connectivity index (χ1n) is 21.1. The van der Waals surface area contributed by atoms with Gasteiger partial charge in [0, 0.05) is 33.9 Å². The fourth-order valence-electron chi connectivity index (χ4n) is 10.2. The number of ether oxygens (including phenoxy) is 1. The quantitative estimate of drug-likeness (QED) is 0.163. The van der Waals surface area contributed by atoms with Gasteiger partial charge in [-0.3, -0.25) is 0 Å². The Morgan fingerprint density at radius 3 is 1.81 bits per heavy atom. The molecule has 11 rings (SSSR count). The number of benzene rings is 7. The minimum atomic E-state index is -0.270. The molecule has 4 aliphatic heterocycles. The van der Waals surface area contributed by atoms with Gasteiger partial charge in [-0.15, -0.1) is 0 Å². The summed E-state index contributed by atoms with van der Waals surface area (Å²) >= 11 is 0. The monoisotopic (exact) mass is 767 g/mol. The lowest BCUT2D eigenvalue weighted by Crippen LogP contribution is -2.61. The fraction of sp³-hybridized carbons (Fsp3) is 0.222. The van der Waals surface area contributed by atoms with Crippen molar-refractivity contribution in [2.75, 3.05) is 14.6 Å². The van der Waals surface area contributed by atoms with Crippen LogP contribution < -0.4 is 30.3 Å². The Bertz CT molecular complexity index is 2880. The van der Waals surface area contributed by atoms with Crippen LogP contribution in [0.5, 0.6) is 11.5 Å². The summed E-state index contributed by atoms with van der Waals surface area (Å²) in [6, 6.07) is 52.3. The van der Waals surface area contributed by atoms with Crippen molar-refractivity contribution in [1.82, 2.24) is 0 Å². The minimum Gasteiger partial charge on any atom is -0.458 e. The molecule has 0 saturated carbocycles. The molecule has 0 amide bonds. The molecule has 0 radical (unpaired) electrons. The molecular formula is C54H50BN3O. The van der Waals surface area contributed by atoms with E-state index in [1.54, 1.807) is 0 Å². The molecule has 0 atom stereocenters. The number of nitrogens with zero attached hydrogens (tertiary/aromatic N) is 3. The molecule has 0 N–H and O–H groups in total. The summed E-state index contributed by atoms with van der Waals surface area (Å²) in [4.78, 5) is 7.63. The molecule has 0 fully saturated rings. The first-order chi connectivity index (χ1) is 28.2. The molecule has 4 heterocycles. The molecule has 4 nitrogen and oxygen atoms in total. The summed E-state index contributed by atoms with van der Waals surface area (Å²) in [7, 11) is 0. The van der Waals surface area contributed by atoms with Crippen molar-refractivity contribution < 1.29 is 4.74 Å². The summed E-state index contributed by atoms with van der Waals surface area (Å²) < 4.78 is 7.24.